The van der Waals surface area contributed by atoms with E-state index in [1.54, 1.807) is 24.1 Å². The Hall–Kier alpha value is -3.09. The highest BCUT2D eigenvalue weighted by Gasteiger charge is 2.13. The van der Waals surface area contributed by atoms with Crippen molar-refractivity contribution >= 4 is 28.4 Å². The molecule has 6 nitrogen and oxygen atoms in total. The number of nitrogens with zero attached hydrogens (tertiary/aromatic N) is 4. The number of rotatable bonds is 4. The number of benzene rings is 1. The summed E-state index contributed by atoms with van der Waals surface area (Å²) in [5.74, 6) is 0.373. The van der Waals surface area contributed by atoms with E-state index in [2.05, 4.69) is 20.3 Å². The van der Waals surface area contributed by atoms with Crippen LogP contribution in [0, 0.1) is 12.7 Å². The van der Waals surface area contributed by atoms with Crippen LogP contribution in [0.25, 0.3) is 10.9 Å². The van der Waals surface area contributed by atoms with Crippen LogP contribution < -0.4 is 10.2 Å². The number of carbonyl (C=O) groups is 1. The second-order valence-corrected chi connectivity index (χ2v) is 5.43. The fourth-order valence-electron chi connectivity index (χ4n) is 2.40. The van der Waals surface area contributed by atoms with Crippen LogP contribution in [0.4, 0.5) is 16.0 Å². The molecule has 2 aromatic heterocycles. The molecule has 0 aliphatic heterocycles. The maximum absolute atomic E-state index is 13.5. The molecule has 7 heteroatoms. The molecule has 0 unspecified atom stereocenters. The number of pyridine rings is 1. The number of fused-ring (bicyclic) bond motifs is 1. The first kappa shape index (κ1) is 15.8. The predicted molar refractivity (Wildman–Crippen MR) is 90.4 cm³/mol. The number of likely N-dealkylation sites (N-methyl/N-ethyl adjacent to an activating group) is 1. The number of aryl methyl sites for hydroxylation is 1. The van der Waals surface area contributed by atoms with Crippen molar-refractivity contribution in [3.05, 3.63) is 54.2 Å². The third kappa shape index (κ3) is 3.45. The molecule has 0 radical (unpaired) electrons. The molecule has 0 aliphatic carbocycles. The zero-order valence-electron chi connectivity index (χ0n) is 13.3. The van der Waals surface area contributed by atoms with E-state index in [4.69, 9.17) is 0 Å². The lowest BCUT2D eigenvalue weighted by atomic mass is 10.2. The van der Waals surface area contributed by atoms with Gasteiger partial charge in [-0.25, -0.2) is 19.3 Å². The van der Waals surface area contributed by atoms with Crippen LogP contribution in [0.3, 0.4) is 0 Å². The molecule has 1 N–H and O–H groups in total. The lowest BCUT2D eigenvalue weighted by Gasteiger charge is -2.19. The van der Waals surface area contributed by atoms with Gasteiger partial charge in [-0.05, 0) is 37.3 Å². The number of hydrogen-bond acceptors (Lipinski definition) is 5. The Morgan fingerprint density at radius 2 is 2.08 bits per heavy atom. The van der Waals surface area contributed by atoms with Crippen LogP contribution in [0.1, 0.15) is 5.69 Å². The summed E-state index contributed by atoms with van der Waals surface area (Å²) in [5, 5.41) is 3.29. The first-order valence-corrected chi connectivity index (χ1v) is 7.38. The maximum Gasteiger partial charge on any atom is 0.245 e. The number of hydrogen-bond donors (Lipinski definition) is 1. The topological polar surface area (TPSA) is 71.0 Å². The summed E-state index contributed by atoms with van der Waals surface area (Å²) in [6, 6.07) is 9.68. The van der Waals surface area contributed by atoms with Gasteiger partial charge in [-0.15, -0.1) is 0 Å². The van der Waals surface area contributed by atoms with E-state index in [-0.39, 0.29) is 18.3 Å². The Bertz CT molecular complexity index is 899. The SMILES string of the molecule is Cc1cccc(NC(=O)CN(C)c2ncnc3ccc(F)cc23)n1. The average molecular weight is 325 g/mol. The van der Waals surface area contributed by atoms with Crippen LogP contribution >= 0.6 is 0 Å². The van der Waals surface area contributed by atoms with Crippen LogP contribution in [-0.4, -0.2) is 34.5 Å². The van der Waals surface area contributed by atoms with E-state index in [1.165, 1.54) is 18.5 Å². The molecule has 122 valence electrons. The molecular formula is C17H16FN5O. The van der Waals surface area contributed by atoms with Crippen LogP contribution in [0.2, 0.25) is 0 Å². The normalized spacial score (nSPS) is 10.6. The van der Waals surface area contributed by atoms with E-state index in [0.717, 1.165) is 5.69 Å². The third-order valence-corrected chi connectivity index (χ3v) is 3.47. The van der Waals surface area contributed by atoms with Gasteiger partial charge >= 0.3 is 0 Å². The van der Waals surface area contributed by atoms with Crippen LogP contribution in [0.5, 0.6) is 0 Å². The molecule has 0 saturated heterocycles. The van der Waals surface area contributed by atoms with Crippen molar-refractivity contribution in [3.8, 4) is 0 Å². The second-order valence-electron chi connectivity index (χ2n) is 5.43. The summed E-state index contributed by atoms with van der Waals surface area (Å²) in [6.45, 7) is 1.90. The lowest BCUT2D eigenvalue weighted by molar-refractivity contribution is -0.114. The van der Waals surface area contributed by atoms with Gasteiger partial charge in [-0.3, -0.25) is 4.79 Å². The Balaban J connectivity index is 1.78. The number of nitrogens with one attached hydrogen (secondary N) is 1. The second kappa shape index (κ2) is 6.57. The quantitative estimate of drug-likeness (QED) is 0.798. The summed E-state index contributed by atoms with van der Waals surface area (Å²) in [6.07, 6.45) is 1.39. The fourth-order valence-corrected chi connectivity index (χ4v) is 2.40. The highest BCUT2D eigenvalue weighted by molar-refractivity contribution is 5.95. The van der Waals surface area contributed by atoms with E-state index < -0.39 is 0 Å². The van der Waals surface area contributed by atoms with E-state index in [9.17, 15) is 9.18 Å². The van der Waals surface area contributed by atoms with Crippen molar-refractivity contribution in [1.82, 2.24) is 15.0 Å². The minimum Gasteiger partial charge on any atom is -0.350 e. The highest BCUT2D eigenvalue weighted by Crippen LogP contribution is 2.22. The first-order chi connectivity index (χ1) is 11.5. The number of halogens is 1. The molecular weight excluding hydrogens is 309 g/mol. The monoisotopic (exact) mass is 325 g/mol. The van der Waals surface area contributed by atoms with Gasteiger partial charge in [0.25, 0.3) is 0 Å². The molecule has 3 rings (SSSR count). The first-order valence-electron chi connectivity index (χ1n) is 7.38. The van der Waals surface area contributed by atoms with E-state index >= 15 is 0 Å². The predicted octanol–water partition coefficient (Wildman–Crippen LogP) is 2.55. The summed E-state index contributed by atoms with van der Waals surface area (Å²) >= 11 is 0. The summed E-state index contributed by atoms with van der Waals surface area (Å²) in [4.78, 5) is 26.4. The van der Waals surface area contributed by atoms with Gasteiger partial charge in [-0.2, -0.15) is 0 Å². The Morgan fingerprint density at radius 1 is 1.25 bits per heavy atom. The summed E-state index contributed by atoms with van der Waals surface area (Å²) in [5.41, 5.74) is 1.44. The number of anilines is 2. The van der Waals surface area contributed by atoms with Crippen LogP contribution in [-0.2, 0) is 4.79 Å². The average Bonchev–Trinajstić information content (AvgIpc) is 2.54. The van der Waals surface area contributed by atoms with E-state index in [1.807, 2.05) is 19.1 Å². The molecule has 0 spiro atoms. The zero-order chi connectivity index (χ0) is 17.1. The van der Waals surface area contributed by atoms with Gasteiger partial charge < -0.3 is 10.2 Å². The van der Waals surface area contributed by atoms with Gasteiger partial charge in [0.2, 0.25) is 5.91 Å². The van der Waals surface area contributed by atoms with Gasteiger partial charge in [0.1, 0.15) is 23.8 Å². The Labute approximate surface area is 138 Å². The van der Waals surface area contributed by atoms with Crippen molar-refractivity contribution in [3.63, 3.8) is 0 Å². The molecule has 0 bridgehead atoms. The lowest BCUT2D eigenvalue weighted by Crippen LogP contribution is -2.31. The zero-order valence-corrected chi connectivity index (χ0v) is 13.3. The third-order valence-electron chi connectivity index (χ3n) is 3.47. The van der Waals surface area contributed by atoms with Crippen LogP contribution in [0.15, 0.2) is 42.7 Å². The molecule has 3 aromatic rings. The van der Waals surface area contributed by atoms with Crippen molar-refractivity contribution in [2.45, 2.75) is 6.92 Å². The van der Waals surface area contributed by atoms with Gasteiger partial charge in [0.15, 0.2) is 0 Å². The molecule has 1 aromatic carbocycles. The van der Waals surface area contributed by atoms with Crippen molar-refractivity contribution in [2.75, 3.05) is 23.8 Å². The minimum atomic E-state index is -0.375. The molecule has 1 amide bonds. The molecule has 0 atom stereocenters. The molecule has 24 heavy (non-hydrogen) atoms. The van der Waals surface area contributed by atoms with Gasteiger partial charge in [0, 0.05) is 18.1 Å². The Kier molecular flexibility index (Phi) is 4.33. The van der Waals surface area contributed by atoms with Crippen molar-refractivity contribution in [1.29, 1.82) is 0 Å². The molecule has 0 aliphatic rings. The van der Waals surface area contributed by atoms with Crippen molar-refractivity contribution < 1.29 is 9.18 Å². The number of carbonyl (C=O) groups excluding carboxylic acids is 1. The largest absolute Gasteiger partial charge is 0.350 e. The smallest absolute Gasteiger partial charge is 0.245 e. The molecule has 0 saturated carbocycles. The number of amides is 1. The maximum atomic E-state index is 13.5. The molecule has 0 fully saturated rings. The fraction of sp³-hybridized carbons (Fsp3) is 0.176. The summed E-state index contributed by atoms with van der Waals surface area (Å²) in [7, 11) is 1.72. The van der Waals surface area contributed by atoms with E-state index in [0.29, 0.717) is 22.5 Å². The Morgan fingerprint density at radius 3 is 2.88 bits per heavy atom. The number of aromatic nitrogens is 3. The minimum absolute atomic E-state index is 0.0538. The summed E-state index contributed by atoms with van der Waals surface area (Å²) < 4.78 is 13.5. The van der Waals surface area contributed by atoms with Crippen molar-refractivity contribution in [2.24, 2.45) is 0 Å². The highest BCUT2D eigenvalue weighted by atomic mass is 19.1. The molecule has 2 heterocycles. The standard InChI is InChI=1S/C17H16FN5O/c1-11-4-3-5-15(21-11)22-16(24)9-23(2)17-13-8-12(18)6-7-14(13)19-10-20-17/h3-8,10H,9H2,1-2H3,(H,21,22,24). The van der Waals surface area contributed by atoms with Gasteiger partial charge in [-0.1, -0.05) is 6.07 Å². The van der Waals surface area contributed by atoms with Gasteiger partial charge in [0.05, 0.1) is 12.1 Å².